The summed E-state index contributed by atoms with van der Waals surface area (Å²) in [5.41, 5.74) is 13.8. The molecule has 0 saturated carbocycles. The predicted molar refractivity (Wildman–Crippen MR) is 190 cm³/mol. The van der Waals surface area contributed by atoms with E-state index in [1.165, 1.54) is 16.9 Å². The Bertz CT molecular complexity index is 2060. The number of fused-ring (bicyclic) bond motifs is 1. The highest BCUT2D eigenvalue weighted by Crippen LogP contribution is 2.42. The number of nitrogens with zero attached hydrogens (tertiary/aromatic N) is 1. The van der Waals surface area contributed by atoms with Crippen LogP contribution in [0.15, 0.2) is 115 Å². The van der Waals surface area contributed by atoms with Crippen LogP contribution in [0.2, 0.25) is 0 Å². The molecule has 0 aliphatic heterocycles. The van der Waals surface area contributed by atoms with Crippen molar-refractivity contribution in [2.24, 2.45) is 0 Å². The number of nitrogens with two attached hydrogens (primary N) is 1. The zero-order chi connectivity index (χ0) is 32.2. The summed E-state index contributed by atoms with van der Waals surface area (Å²) in [7, 11) is 1.63. The summed E-state index contributed by atoms with van der Waals surface area (Å²) in [5, 5.41) is 3.65. The Balaban J connectivity index is 1.26. The first-order valence-electron chi connectivity index (χ1n) is 15.0. The van der Waals surface area contributed by atoms with Gasteiger partial charge in [0.15, 0.2) is 5.78 Å². The van der Waals surface area contributed by atoms with E-state index in [1.54, 1.807) is 37.5 Å². The number of benzene rings is 4. The van der Waals surface area contributed by atoms with Gasteiger partial charge in [-0.15, -0.1) is 11.3 Å². The largest absolute Gasteiger partial charge is 0.497 e. The number of allylic oxidation sites excluding steroid dienone is 1. The Morgan fingerprint density at radius 1 is 0.870 bits per heavy atom. The van der Waals surface area contributed by atoms with Crippen LogP contribution in [0.3, 0.4) is 0 Å². The van der Waals surface area contributed by atoms with E-state index in [4.69, 9.17) is 15.5 Å². The highest BCUT2D eigenvalue weighted by atomic mass is 32.1. The molecule has 0 fully saturated rings. The summed E-state index contributed by atoms with van der Waals surface area (Å²) < 4.78 is 5.48. The highest BCUT2D eigenvalue weighted by Gasteiger charge is 2.22. The van der Waals surface area contributed by atoms with Crippen LogP contribution in [0.5, 0.6) is 5.75 Å². The van der Waals surface area contributed by atoms with Crippen LogP contribution in [-0.2, 0) is 0 Å². The number of thiophene rings is 1. The number of amides is 1. The van der Waals surface area contributed by atoms with Crippen molar-refractivity contribution in [1.29, 1.82) is 0 Å². The molecular formula is C39H33N3O3S. The Morgan fingerprint density at radius 3 is 2.28 bits per heavy atom. The second-order valence-electron chi connectivity index (χ2n) is 11.2. The quantitative estimate of drug-likeness (QED) is 0.124. The van der Waals surface area contributed by atoms with Crippen LogP contribution < -0.4 is 15.8 Å². The van der Waals surface area contributed by atoms with Crippen LogP contribution in [0.25, 0.3) is 38.7 Å². The van der Waals surface area contributed by atoms with E-state index in [0.29, 0.717) is 38.3 Å². The van der Waals surface area contributed by atoms with Gasteiger partial charge < -0.3 is 15.8 Å². The molecular weight excluding hydrogens is 591 g/mol. The lowest BCUT2D eigenvalue weighted by Gasteiger charge is -2.10. The van der Waals surface area contributed by atoms with Crippen molar-refractivity contribution in [1.82, 2.24) is 4.98 Å². The fraction of sp³-hybridized carbons (Fsp3) is 0.103. The van der Waals surface area contributed by atoms with Gasteiger partial charge in [-0.1, -0.05) is 86.7 Å². The molecule has 6 rings (SSSR count). The third-order valence-electron chi connectivity index (χ3n) is 7.81. The summed E-state index contributed by atoms with van der Waals surface area (Å²) in [6, 6.07) is 34.7. The molecule has 0 radical (unpaired) electrons. The normalized spacial score (nSPS) is 11.3. The number of methoxy groups -OCH3 is 1. The number of rotatable bonds is 9. The first kappa shape index (κ1) is 30.5. The van der Waals surface area contributed by atoms with E-state index in [-0.39, 0.29) is 11.7 Å². The third-order valence-corrected chi connectivity index (χ3v) is 8.91. The Labute approximate surface area is 272 Å². The summed E-state index contributed by atoms with van der Waals surface area (Å²) in [5.74, 6) is 0.704. The first-order chi connectivity index (χ1) is 22.3. The molecule has 46 heavy (non-hydrogen) atoms. The van der Waals surface area contributed by atoms with E-state index in [0.717, 1.165) is 33.3 Å². The van der Waals surface area contributed by atoms with Crippen LogP contribution in [0, 0.1) is 0 Å². The molecule has 0 saturated heterocycles. The van der Waals surface area contributed by atoms with Crippen LogP contribution in [0.4, 0.5) is 11.4 Å². The summed E-state index contributed by atoms with van der Waals surface area (Å²) >= 11 is 1.25. The fourth-order valence-corrected chi connectivity index (χ4v) is 6.25. The van der Waals surface area contributed by atoms with Crippen molar-refractivity contribution in [2.45, 2.75) is 19.8 Å². The SMILES string of the molecule is COc1cccc(-c2cc(-c3ccccc3)nc3sc(C(=O)Nc4ccc(C(=O)/C=C/c5ccc(C(C)C)cc5)cc4)c(N)c23)c1. The van der Waals surface area contributed by atoms with Gasteiger partial charge in [-0.3, -0.25) is 9.59 Å². The second-order valence-corrected chi connectivity index (χ2v) is 12.2. The van der Waals surface area contributed by atoms with Gasteiger partial charge in [-0.25, -0.2) is 4.98 Å². The Morgan fingerprint density at radius 2 is 1.59 bits per heavy atom. The highest BCUT2D eigenvalue weighted by molar-refractivity contribution is 7.21. The van der Waals surface area contributed by atoms with Crippen molar-refractivity contribution < 1.29 is 14.3 Å². The maximum absolute atomic E-state index is 13.5. The molecule has 0 atom stereocenters. The number of hydrogen-bond donors (Lipinski definition) is 2. The molecule has 0 unspecified atom stereocenters. The third kappa shape index (κ3) is 6.46. The standard InChI is InChI=1S/C39H33N3O3S/c1-24(2)26-15-12-25(13-16-26)14-21-34(43)28-17-19-30(20-18-28)41-38(44)37-36(40)35-32(29-10-7-11-31(22-29)45-3)23-33(42-39(35)46-37)27-8-5-4-6-9-27/h4-24H,40H2,1-3H3,(H,41,44)/b21-14+. The minimum Gasteiger partial charge on any atom is -0.497 e. The van der Waals surface area contributed by atoms with Gasteiger partial charge in [0.2, 0.25) is 0 Å². The Hall–Kier alpha value is -5.53. The van der Waals surface area contributed by atoms with Crippen molar-refractivity contribution in [3.05, 3.63) is 137 Å². The molecule has 3 N–H and O–H groups in total. The number of aromatic nitrogens is 1. The Kier molecular flexibility index (Phi) is 8.76. The maximum Gasteiger partial charge on any atom is 0.267 e. The van der Waals surface area contributed by atoms with E-state index >= 15 is 0 Å². The van der Waals surface area contributed by atoms with Gasteiger partial charge in [0.1, 0.15) is 15.5 Å². The molecule has 0 aliphatic rings. The lowest BCUT2D eigenvalue weighted by molar-refractivity contribution is 0.102. The molecule has 7 heteroatoms. The van der Waals surface area contributed by atoms with Gasteiger partial charge >= 0.3 is 0 Å². The van der Waals surface area contributed by atoms with Crippen molar-refractivity contribution in [3.8, 4) is 28.1 Å². The lowest BCUT2D eigenvalue weighted by Crippen LogP contribution is -2.12. The molecule has 4 aromatic carbocycles. The molecule has 2 heterocycles. The smallest absolute Gasteiger partial charge is 0.267 e. The van der Waals surface area contributed by atoms with E-state index in [1.807, 2.05) is 78.9 Å². The van der Waals surface area contributed by atoms with Crippen LogP contribution >= 0.6 is 11.3 Å². The fourth-order valence-electron chi connectivity index (χ4n) is 5.23. The number of hydrogen-bond acceptors (Lipinski definition) is 6. The number of carbonyl (C=O) groups excluding carboxylic acids is 2. The number of pyridine rings is 1. The second kappa shape index (κ2) is 13.2. The molecule has 0 bridgehead atoms. The number of carbonyl (C=O) groups is 2. The molecule has 2 aromatic heterocycles. The minimum absolute atomic E-state index is 0.120. The minimum atomic E-state index is -0.345. The molecule has 1 amide bonds. The van der Waals surface area contributed by atoms with Gasteiger partial charge in [0.05, 0.1) is 18.5 Å². The predicted octanol–water partition coefficient (Wildman–Crippen LogP) is 9.49. The summed E-state index contributed by atoms with van der Waals surface area (Å²) in [4.78, 5) is 32.3. The number of anilines is 2. The van der Waals surface area contributed by atoms with E-state index in [2.05, 4.69) is 31.3 Å². The number of nitrogen functional groups attached to an aromatic ring is 1. The number of ether oxygens (including phenoxy) is 1. The molecule has 228 valence electrons. The molecule has 0 aliphatic carbocycles. The molecule has 6 nitrogen and oxygen atoms in total. The maximum atomic E-state index is 13.5. The average molecular weight is 624 g/mol. The monoisotopic (exact) mass is 623 g/mol. The van der Waals surface area contributed by atoms with Crippen LogP contribution in [-0.4, -0.2) is 23.8 Å². The van der Waals surface area contributed by atoms with E-state index < -0.39 is 0 Å². The average Bonchev–Trinajstić information content (AvgIpc) is 3.43. The summed E-state index contributed by atoms with van der Waals surface area (Å²) in [6.07, 6.45) is 3.37. The number of ketones is 1. The van der Waals surface area contributed by atoms with Crippen molar-refractivity contribution in [2.75, 3.05) is 18.2 Å². The van der Waals surface area contributed by atoms with Crippen LogP contribution in [0.1, 0.15) is 50.9 Å². The molecule has 0 spiro atoms. The van der Waals surface area contributed by atoms with Gasteiger partial charge in [-0.2, -0.15) is 0 Å². The van der Waals surface area contributed by atoms with Gasteiger partial charge in [-0.05, 0) is 76.7 Å². The molecule has 6 aromatic rings. The van der Waals surface area contributed by atoms with E-state index in [9.17, 15) is 9.59 Å². The summed E-state index contributed by atoms with van der Waals surface area (Å²) in [6.45, 7) is 4.30. The first-order valence-corrected chi connectivity index (χ1v) is 15.8. The van der Waals surface area contributed by atoms with Crippen molar-refractivity contribution in [3.63, 3.8) is 0 Å². The van der Waals surface area contributed by atoms with Gasteiger partial charge in [0.25, 0.3) is 5.91 Å². The number of nitrogens with one attached hydrogen (secondary N) is 1. The van der Waals surface area contributed by atoms with Gasteiger partial charge in [0, 0.05) is 22.2 Å². The zero-order valence-corrected chi connectivity index (χ0v) is 26.6. The lowest BCUT2D eigenvalue weighted by atomic mass is 9.99. The zero-order valence-electron chi connectivity index (χ0n) is 25.8. The van der Waals surface area contributed by atoms with Crippen molar-refractivity contribution >= 4 is 50.7 Å². The topological polar surface area (TPSA) is 94.3 Å².